The van der Waals surface area contributed by atoms with Crippen molar-refractivity contribution in [3.63, 3.8) is 0 Å². The van der Waals surface area contributed by atoms with Gasteiger partial charge < -0.3 is 19.9 Å². The van der Waals surface area contributed by atoms with E-state index in [1.807, 2.05) is 69.5 Å². The second kappa shape index (κ2) is 11.4. The molecule has 8 heteroatoms. The number of amides is 2. The highest BCUT2D eigenvalue weighted by molar-refractivity contribution is 5.93. The number of alkyl carbamates (subject to hydrolysis) is 1. The maximum Gasteiger partial charge on any atom is 0.407 e. The lowest BCUT2D eigenvalue weighted by molar-refractivity contribution is -0.118. The van der Waals surface area contributed by atoms with Gasteiger partial charge in [-0.15, -0.1) is 0 Å². The molecule has 2 amide bonds. The van der Waals surface area contributed by atoms with Crippen LogP contribution in [0.3, 0.4) is 0 Å². The molecule has 1 aliphatic heterocycles. The molecule has 1 aromatic carbocycles. The van der Waals surface area contributed by atoms with E-state index in [0.717, 1.165) is 42.6 Å². The fraction of sp³-hybridized carbons (Fsp3) is 0.519. The summed E-state index contributed by atoms with van der Waals surface area (Å²) in [5.74, 6) is 0.370. The van der Waals surface area contributed by atoms with Crippen LogP contribution < -0.4 is 10.6 Å². The zero-order valence-electron chi connectivity index (χ0n) is 21.5. The molecule has 1 fully saturated rings. The fourth-order valence-electron chi connectivity index (χ4n) is 4.46. The Balaban J connectivity index is 1.70. The third-order valence-electron chi connectivity index (χ3n) is 6.36. The number of rotatable bonds is 7. The van der Waals surface area contributed by atoms with E-state index >= 15 is 0 Å². The first kappa shape index (κ1) is 26.3. The average molecular weight is 480 g/mol. The SMILES string of the molecule is Cc1c(C#N)c(NC(=O)CN2CCCCC2CNC(=O)OC(C)(C)C)n(Cc2ccccc2)c1C. The van der Waals surface area contributed by atoms with Crippen molar-refractivity contribution in [2.75, 3.05) is 25.0 Å². The summed E-state index contributed by atoms with van der Waals surface area (Å²) in [6.07, 6.45) is 2.50. The van der Waals surface area contributed by atoms with Crippen LogP contribution in [0.4, 0.5) is 10.6 Å². The Kier molecular flexibility index (Phi) is 8.57. The molecule has 0 bridgehead atoms. The Morgan fingerprint density at radius 1 is 1.17 bits per heavy atom. The van der Waals surface area contributed by atoms with Gasteiger partial charge in [0.15, 0.2) is 0 Å². The van der Waals surface area contributed by atoms with Gasteiger partial charge in [0.05, 0.1) is 12.1 Å². The van der Waals surface area contributed by atoms with Crippen LogP contribution in [0.15, 0.2) is 30.3 Å². The number of anilines is 1. The van der Waals surface area contributed by atoms with Gasteiger partial charge in [0.1, 0.15) is 17.5 Å². The van der Waals surface area contributed by atoms with Crippen LogP contribution in [0.5, 0.6) is 0 Å². The van der Waals surface area contributed by atoms with Crippen molar-refractivity contribution >= 4 is 17.8 Å². The summed E-state index contributed by atoms with van der Waals surface area (Å²) in [5, 5.41) is 15.7. The highest BCUT2D eigenvalue weighted by Gasteiger charge is 2.27. The molecule has 0 radical (unpaired) electrons. The summed E-state index contributed by atoms with van der Waals surface area (Å²) in [7, 11) is 0. The highest BCUT2D eigenvalue weighted by Crippen LogP contribution is 2.27. The number of hydrogen-bond donors (Lipinski definition) is 2. The third-order valence-corrected chi connectivity index (χ3v) is 6.36. The summed E-state index contributed by atoms with van der Waals surface area (Å²) in [6, 6.07) is 12.3. The minimum Gasteiger partial charge on any atom is -0.444 e. The van der Waals surface area contributed by atoms with Crippen molar-refractivity contribution in [3.05, 3.63) is 52.7 Å². The Morgan fingerprint density at radius 2 is 1.89 bits per heavy atom. The normalized spacial score (nSPS) is 16.4. The van der Waals surface area contributed by atoms with Gasteiger partial charge in [-0.3, -0.25) is 9.69 Å². The Labute approximate surface area is 208 Å². The molecule has 2 aromatic rings. The summed E-state index contributed by atoms with van der Waals surface area (Å²) in [6.45, 7) is 11.3. The van der Waals surface area contributed by atoms with Gasteiger partial charge in [-0.2, -0.15) is 5.26 Å². The van der Waals surface area contributed by atoms with E-state index in [4.69, 9.17) is 4.74 Å². The molecule has 3 rings (SSSR count). The van der Waals surface area contributed by atoms with E-state index in [1.54, 1.807) is 0 Å². The van der Waals surface area contributed by atoms with E-state index in [2.05, 4.69) is 21.6 Å². The average Bonchev–Trinajstić information content (AvgIpc) is 3.01. The first-order chi connectivity index (χ1) is 16.6. The van der Waals surface area contributed by atoms with Gasteiger partial charge in [-0.25, -0.2) is 4.79 Å². The number of carbonyl (C=O) groups is 2. The van der Waals surface area contributed by atoms with Crippen molar-refractivity contribution in [1.29, 1.82) is 5.26 Å². The van der Waals surface area contributed by atoms with Crippen LogP contribution in [0.1, 0.15) is 62.4 Å². The van der Waals surface area contributed by atoms with Crippen LogP contribution in [-0.4, -0.2) is 52.7 Å². The minimum atomic E-state index is -0.556. The molecule has 0 spiro atoms. The van der Waals surface area contributed by atoms with Gasteiger partial charge in [-0.1, -0.05) is 36.8 Å². The maximum atomic E-state index is 13.2. The minimum absolute atomic E-state index is 0.0528. The van der Waals surface area contributed by atoms with Crippen molar-refractivity contribution < 1.29 is 14.3 Å². The molecule has 1 unspecified atom stereocenters. The molecular weight excluding hydrogens is 442 g/mol. The fourth-order valence-corrected chi connectivity index (χ4v) is 4.46. The first-order valence-electron chi connectivity index (χ1n) is 12.2. The van der Waals surface area contributed by atoms with Gasteiger partial charge in [0.2, 0.25) is 5.91 Å². The molecule has 0 aliphatic carbocycles. The molecule has 188 valence electrons. The zero-order chi connectivity index (χ0) is 25.6. The van der Waals surface area contributed by atoms with Gasteiger partial charge in [-0.05, 0) is 65.1 Å². The third kappa shape index (κ3) is 7.09. The van der Waals surface area contributed by atoms with E-state index < -0.39 is 11.7 Å². The van der Waals surface area contributed by atoms with Crippen LogP contribution in [0.2, 0.25) is 0 Å². The molecule has 1 aliphatic rings. The van der Waals surface area contributed by atoms with Gasteiger partial charge in [0.25, 0.3) is 0 Å². The summed E-state index contributed by atoms with van der Waals surface area (Å²) in [4.78, 5) is 27.4. The topological polar surface area (TPSA) is 99.4 Å². The lowest BCUT2D eigenvalue weighted by Gasteiger charge is -2.35. The number of nitriles is 1. The molecular formula is C27H37N5O3. The number of carbonyl (C=O) groups excluding carboxylic acids is 2. The van der Waals surface area contributed by atoms with Crippen LogP contribution in [-0.2, 0) is 16.1 Å². The Hall–Kier alpha value is -3.31. The number of ether oxygens (including phenoxy) is 1. The lowest BCUT2D eigenvalue weighted by Crippen LogP contribution is -2.49. The number of likely N-dealkylation sites (tertiary alicyclic amines) is 1. The van der Waals surface area contributed by atoms with E-state index in [9.17, 15) is 14.9 Å². The predicted octanol–water partition coefficient (Wildman–Crippen LogP) is 4.34. The second-order valence-corrected chi connectivity index (χ2v) is 10.2. The Morgan fingerprint density at radius 3 is 2.54 bits per heavy atom. The molecule has 1 saturated heterocycles. The molecule has 1 aromatic heterocycles. The molecule has 0 saturated carbocycles. The van der Waals surface area contributed by atoms with Crippen molar-refractivity contribution in [1.82, 2.24) is 14.8 Å². The maximum absolute atomic E-state index is 13.2. The predicted molar refractivity (Wildman–Crippen MR) is 136 cm³/mol. The van der Waals surface area contributed by atoms with Gasteiger partial charge >= 0.3 is 6.09 Å². The lowest BCUT2D eigenvalue weighted by atomic mass is 10.0. The van der Waals surface area contributed by atoms with Gasteiger partial charge in [0, 0.05) is 24.8 Å². The quantitative estimate of drug-likeness (QED) is 0.615. The van der Waals surface area contributed by atoms with Crippen molar-refractivity contribution in [2.24, 2.45) is 0 Å². The van der Waals surface area contributed by atoms with Crippen molar-refractivity contribution in [3.8, 4) is 6.07 Å². The number of aromatic nitrogens is 1. The standard InChI is InChI=1S/C27H37N5O3/c1-19-20(2)32(17-21-11-7-6-8-12-21)25(23(19)15-28)30-24(33)18-31-14-10-9-13-22(31)16-29-26(34)35-27(3,4)5/h6-8,11-12,22H,9-10,13-14,16-18H2,1-5H3,(H,29,34)(H,30,33). The van der Waals surface area contributed by atoms with E-state index in [-0.39, 0.29) is 18.5 Å². The van der Waals surface area contributed by atoms with E-state index in [1.165, 1.54) is 0 Å². The van der Waals surface area contributed by atoms with Crippen LogP contribution in [0, 0.1) is 25.2 Å². The second-order valence-electron chi connectivity index (χ2n) is 10.2. The monoisotopic (exact) mass is 479 g/mol. The number of nitrogens with one attached hydrogen (secondary N) is 2. The number of piperidine rings is 1. The highest BCUT2D eigenvalue weighted by atomic mass is 16.6. The van der Waals surface area contributed by atoms with Crippen molar-refractivity contribution in [2.45, 2.75) is 72.1 Å². The summed E-state index contributed by atoms with van der Waals surface area (Å²) < 4.78 is 7.34. The number of benzene rings is 1. The zero-order valence-corrected chi connectivity index (χ0v) is 21.5. The molecule has 8 nitrogen and oxygen atoms in total. The van der Waals surface area contributed by atoms with Crippen LogP contribution >= 0.6 is 0 Å². The first-order valence-corrected chi connectivity index (χ1v) is 12.2. The van der Waals surface area contributed by atoms with E-state index in [0.29, 0.717) is 24.5 Å². The molecule has 35 heavy (non-hydrogen) atoms. The largest absolute Gasteiger partial charge is 0.444 e. The molecule has 1 atom stereocenters. The molecule has 2 heterocycles. The Bertz CT molecular complexity index is 1080. The summed E-state index contributed by atoms with van der Waals surface area (Å²) in [5.41, 5.74) is 2.86. The smallest absolute Gasteiger partial charge is 0.407 e. The number of hydrogen-bond acceptors (Lipinski definition) is 5. The summed E-state index contributed by atoms with van der Waals surface area (Å²) >= 11 is 0. The van der Waals surface area contributed by atoms with Crippen LogP contribution in [0.25, 0.3) is 0 Å². The number of nitrogens with zero attached hydrogens (tertiary/aromatic N) is 3. The molecule has 2 N–H and O–H groups in total.